The van der Waals surface area contributed by atoms with Crippen molar-refractivity contribution in [1.29, 1.82) is 0 Å². The van der Waals surface area contributed by atoms with Crippen LogP contribution in [0.2, 0.25) is 0 Å². The van der Waals surface area contributed by atoms with E-state index in [4.69, 9.17) is 0 Å². The summed E-state index contributed by atoms with van der Waals surface area (Å²) in [4.78, 5) is 0. The van der Waals surface area contributed by atoms with E-state index in [-0.39, 0.29) is 33.7 Å². The first-order chi connectivity index (χ1) is 15.1. The van der Waals surface area contributed by atoms with Crippen LogP contribution in [0.3, 0.4) is 0 Å². The summed E-state index contributed by atoms with van der Waals surface area (Å²) >= 11 is 0. The topological polar surface area (TPSA) is 60.7 Å². The molecule has 0 aromatic carbocycles. The van der Waals surface area contributed by atoms with Gasteiger partial charge in [0.2, 0.25) is 0 Å². The molecule has 3 saturated carbocycles. The van der Waals surface area contributed by atoms with Gasteiger partial charge in [0.15, 0.2) is 0 Å². The predicted octanol–water partition coefficient (Wildman–Crippen LogP) is 6.28. The van der Waals surface area contributed by atoms with Crippen molar-refractivity contribution in [1.82, 2.24) is 0 Å². The van der Waals surface area contributed by atoms with Crippen LogP contribution in [-0.4, -0.2) is 33.1 Å². The molecule has 0 saturated heterocycles. The van der Waals surface area contributed by atoms with Gasteiger partial charge >= 0.3 is 0 Å². The Morgan fingerprint density at radius 2 is 1.64 bits per heavy atom. The summed E-state index contributed by atoms with van der Waals surface area (Å²) < 4.78 is 0. The molecule has 0 aromatic heterocycles. The first-order valence-electron chi connectivity index (χ1n) is 13.6. The van der Waals surface area contributed by atoms with Gasteiger partial charge < -0.3 is 15.3 Å². The van der Waals surface area contributed by atoms with E-state index < -0.39 is 11.7 Å². The maximum atomic E-state index is 11.5. The lowest BCUT2D eigenvalue weighted by Gasteiger charge is -2.68. The first-order valence-corrected chi connectivity index (χ1v) is 13.6. The number of aliphatic hydroxyl groups excluding tert-OH is 2. The second-order valence-corrected chi connectivity index (χ2v) is 14.0. The Morgan fingerprint density at radius 1 is 0.970 bits per heavy atom. The van der Waals surface area contributed by atoms with Crippen LogP contribution in [0.25, 0.3) is 0 Å². The summed E-state index contributed by atoms with van der Waals surface area (Å²) in [5.41, 5.74) is 0.931. The van der Waals surface area contributed by atoms with Crippen LogP contribution in [-0.2, 0) is 0 Å². The SMILES string of the molecule is CC(/C=C/[C@@H](C)[C@@H]1CCC2C3=C[C@H](O)[C@@]4(C)C[C@@H](O)CC[C@]4(C)C3(C)CC[C@@]21C)C(C)(C)O. The molecule has 0 aliphatic heterocycles. The fraction of sp³-hybridized carbons (Fsp3) is 0.867. The van der Waals surface area contributed by atoms with Crippen LogP contribution in [0.5, 0.6) is 0 Å². The highest BCUT2D eigenvalue weighted by Gasteiger charge is 2.68. The van der Waals surface area contributed by atoms with Gasteiger partial charge in [-0.15, -0.1) is 0 Å². The fourth-order valence-corrected chi connectivity index (χ4v) is 8.92. The lowest BCUT2D eigenvalue weighted by atomic mass is 9.37. The zero-order chi connectivity index (χ0) is 24.6. The molecule has 3 nitrogen and oxygen atoms in total. The highest BCUT2D eigenvalue weighted by Crippen LogP contribution is 2.74. The summed E-state index contributed by atoms with van der Waals surface area (Å²) in [7, 11) is 0. The molecule has 4 rings (SSSR count). The smallest absolute Gasteiger partial charge is 0.0783 e. The number of rotatable bonds is 4. The third-order valence-electron chi connectivity index (χ3n) is 12.1. The molecule has 188 valence electrons. The molecule has 0 bridgehead atoms. The molecule has 0 spiro atoms. The monoisotopic (exact) mass is 458 g/mol. The van der Waals surface area contributed by atoms with Crippen LogP contribution < -0.4 is 0 Å². The van der Waals surface area contributed by atoms with E-state index in [1.807, 2.05) is 13.8 Å². The van der Waals surface area contributed by atoms with Gasteiger partial charge in [0.25, 0.3) is 0 Å². The molecule has 3 fully saturated rings. The fourth-order valence-electron chi connectivity index (χ4n) is 8.92. The average molecular weight is 459 g/mol. The second kappa shape index (κ2) is 7.93. The van der Waals surface area contributed by atoms with Crippen LogP contribution in [0.4, 0.5) is 0 Å². The lowest BCUT2D eigenvalue weighted by molar-refractivity contribution is -0.177. The standard InChI is InChI=1S/C30H50O3/c1-19(9-10-20(2)26(3,4)33)22-11-12-23-24-17-25(32)29(7)18-21(31)13-14-30(29,8)28(24,6)16-15-27(22,23)5/h9-10,17,19-23,25,31-33H,11-16,18H2,1-8H3/b10-9+/t19-,20?,21+,22+,23?,25+,27-,28?,29-,30-/m1/s1. The summed E-state index contributed by atoms with van der Waals surface area (Å²) in [6.45, 7) is 17.9. The Bertz CT molecular complexity index is 823. The molecule has 0 radical (unpaired) electrons. The molecule has 10 atom stereocenters. The van der Waals surface area contributed by atoms with Gasteiger partial charge in [-0.25, -0.2) is 0 Å². The van der Waals surface area contributed by atoms with E-state index >= 15 is 0 Å². The molecule has 0 amide bonds. The van der Waals surface area contributed by atoms with Crippen molar-refractivity contribution in [3.05, 3.63) is 23.8 Å². The van der Waals surface area contributed by atoms with Gasteiger partial charge in [0.1, 0.15) is 0 Å². The molecule has 33 heavy (non-hydrogen) atoms. The predicted molar refractivity (Wildman–Crippen MR) is 136 cm³/mol. The van der Waals surface area contributed by atoms with Gasteiger partial charge in [-0.1, -0.05) is 65.3 Å². The van der Waals surface area contributed by atoms with Crippen molar-refractivity contribution < 1.29 is 15.3 Å². The molecular formula is C30H50O3. The third-order valence-corrected chi connectivity index (χ3v) is 12.1. The number of hydrogen-bond donors (Lipinski definition) is 3. The number of aliphatic hydroxyl groups is 3. The van der Waals surface area contributed by atoms with Gasteiger partial charge in [-0.2, -0.15) is 0 Å². The molecule has 0 aromatic rings. The van der Waals surface area contributed by atoms with Crippen LogP contribution in [0, 0.1) is 45.3 Å². The van der Waals surface area contributed by atoms with Crippen LogP contribution >= 0.6 is 0 Å². The number of hydrogen-bond acceptors (Lipinski definition) is 3. The van der Waals surface area contributed by atoms with Crippen molar-refractivity contribution in [3.8, 4) is 0 Å². The Hall–Kier alpha value is -0.640. The minimum Gasteiger partial charge on any atom is -0.393 e. The number of fused-ring (bicyclic) bond motifs is 5. The minimum absolute atomic E-state index is 0.00973. The Kier molecular flexibility index (Phi) is 6.12. The van der Waals surface area contributed by atoms with Crippen molar-refractivity contribution in [2.45, 2.75) is 118 Å². The molecule has 3 heteroatoms. The van der Waals surface area contributed by atoms with Crippen molar-refractivity contribution in [2.75, 3.05) is 0 Å². The van der Waals surface area contributed by atoms with Gasteiger partial charge in [-0.3, -0.25) is 0 Å². The van der Waals surface area contributed by atoms with Gasteiger partial charge in [0.05, 0.1) is 17.8 Å². The first kappa shape index (κ1) is 25.5. The lowest BCUT2D eigenvalue weighted by Crippen LogP contribution is -2.63. The maximum Gasteiger partial charge on any atom is 0.0783 e. The quantitative estimate of drug-likeness (QED) is 0.435. The van der Waals surface area contributed by atoms with Gasteiger partial charge in [0, 0.05) is 11.3 Å². The normalized spacial score (nSPS) is 49.7. The summed E-state index contributed by atoms with van der Waals surface area (Å²) in [5, 5.41) is 32.3. The van der Waals surface area contributed by atoms with E-state index in [2.05, 4.69) is 59.8 Å². The summed E-state index contributed by atoms with van der Waals surface area (Å²) in [6.07, 6.45) is 13.5. The van der Waals surface area contributed by atoms with Crippen molar-refractivity contribution in [3.63, 3.8) is 0 Å². The Labute approximate surface area is 202 Å². The summed E-state index contributed by atoms with van der Waals surface area (Å²) in [5.74, 6) is 1.78. The Morgan fingerprint density at radius 3 is 2.27 bits per heavy atom. The minimum atomic E-state index is -0.691. The largest absolute Gasteiger partial charge is 0.393 e. The van der Waals surface area contributed by atoms with E-state index in [0.717, 1.165) is 12.8 Å². The van der Waals surface area contributed by atoms with Crippen LogP contribution in [0.15, 0.2) is 23.8 Å². The summed E-state index contributed by atoms with van der Waals surface area (Å²) in [6, 6.07) is 0. The van der Waals surface area contributed by atoms with E-state index in [1.54, 1.807) is 0 Å². The van der Waals surface area contributed by atoms with Crippen molar-refractivity contribution >= 4 is 0 Å². The molecule has 4 aliphatic carbocycles. The average Bonchev–Trinajstić information content (AvgIpc) is 3.07. The third kappa shape index (κ3) is 3.54. The number of allylic oxidation sites excluding steroid dienone is 2. The molecule has 3 N–H and O–H groups in total. The van der Waals surface area contributed by atoms with E-state index in [9.17, 15) is 15.3 Å². The molecule has 0 heterocycles. The molecule has 4 aliphatic rings. The molecular weight excluding hydrogens is 408 g/mol. The van der Waals surface area contributed by atoms with E-state index in [1.165, 1.54) is 31.3 Å². The second-order valence-electron chi connectivity index (χ2n) is 14.0. The highest BCUT2D eigenvalue weighted by molar-refractivity contribution is 5.36. The van der Waals surface area contributed by atoms with E-state index in [0.29, 0.717) is 24.2 Å². The van der Waals surface area contributed by atoms with Crippen molar-refractivity contribution in [2.24, 2.45) is 45.3 Å². The zero-order valence-electron chi connectivity index (χ0n) is 22.5. The Balaban J connectivity index is 1.65. The zero-order valence-corrected chi connectivity index (χ0v) is 22.5. The highest BCUT2D eigenvalue weighted by atomic mass is 16.3. The molecule has 3 unspecified atom stereocenters. The van der Waals surface area contributed by atoms with Gasteiger partial charge in [-0.05, 0) is 92.8 Å². The van der Waals surface area contributed by atoms with Crippen LogP contribution in [0.1, 0.15) is 100 Å². The maximum absolute atomic E-state index is 11.5.